The highest BCUT2D eigenvalue weighted by atomic mass is 35.5. The van der Waals surface area contributed by atoms with Gasteiger partial charge in [-0.1, -0.05) is 30.3 Å². The first-order chi connectivity index (χ1) is 11.8. The number of carbonyl (C=O) groups is 1. The second-order valence-corrected chi connectivity index (χ2v) is 7.03. The van der Waals surface area contributed by atoms with Gasteiger partial charge in [0.15, 0.2) is 0 Å². The lowest BCUT2D eigenvalue weighted by Crippen LogP contribution is -2.50. The number of nitrogens with one attached hydrogen (secondary N) is 2. The molecule has 1 aromatic rings. The summed E-state index contributed by atoms with van der Waals surface area (Å²) >= 11 is 0. The molecule has 2 aliphatic rings. The molecule has 2 heterocycles. The van der Waals surface area contributed by atoms with E-state index in [1.807, 2.05) is 30.3 Å². The summed E-state index contributed by atoms with van der Waals surface area (Å²) < 4.78 is 0. The number of hydrogen-bond acceptors (Lipinski definition) is 4. The number of nitrogens with zero attached hydrogens (tertiary/aromatic N) is 2. The van der Waals surface area contributed by atoms with Crippen LogP contribution in [0.5, 0.6) is 0 Å². The Balaban J connectivity index is 0.00000225. The number of rotatable bonds is 6. The van der Waals surface area contributed by atoms with Crippen LogP contribution in [0.3, 0.4) is 0 Å². The summed E-state index contributed by atoms with van der Waals surface area (Å²) in [6.45, 7) is 8.91. The van der Waals surface area contributed by atoms with Crippen molar-refractivity contribution in [3.05, 3.63) is 35.9 Å². The lowest BCUT2D eigenvalue weighted by atomic mass is 9.97. The van der Waals surface area contributed by atoms with E-state index >= 15 is 0 Å². The van der Waals surface area contributed by atoms with E-state index in [1.165, 1.54) is 32.5 Å². The predicted molar refractivity (Wildman–Crippen MR) is 104 cm³/mol. The Labute approximate surface area is 157 Å². The number of amides is 1. The molecule has 2 aliphatic heterocycles. The predicted octanol–water partition coefficient (Wildman–Crippen LogP) is 1.34. The van der Waals surface area contributed by atoms with Gasteiger partial charge in [0.1, 0.15) is 0 Å². The Kier molecular flexibility index (Phi) is 8.68. The third-order valence-corrected chi connectivity index (χ3v) is 5.14. The zero-order chi connectivity index (χ0) is 16.6. The molecule has 3 rings (SSSR count). The van der Waals surface area contributed by atoms with E-state index in [4.69, 9.17) is 0 Å². The van der Waals surface area contributed by atoms with Crippen LogP contribution in [0.15, 0.2) is 30.3 Å². The highest BCUT2D eigenvalue weighted by Crippen LogP contribution is 2.14. The van der Waals surface area contributed by atoms with E-state index in [9.17, 15) is 4.79 Å². The van der Waals surface area contributed by atoms with E-state index in [2.05, 4.69) is 20.4 Å². The zero-order valence-corrected chi connectivity index (χ0v) is 15.8. The molecular weight excluding hydrogens is 336 g/mol. The second kappa shape index (κ2) is 10.8. The number of piperazine rings is 1. The number of benzene rings is 1. The zero-order valence-electron chi connectivity index (χ0n) is 15.0. The van der Waals surface area contributed by atoms with Crippen molar-refractivity contribution in [3.63, 3.8) is 0 Å². The normalized spacial score (nSPS) is 20.0. The van der Waals surface area contributed by atoms with Crippen molar-refractivity contribution in [3.8, 4) is 0 Å². The van der Waals surface area contributed by atoms with Gasteiger partial charge in [0.05, 0.1) is 6.54 Å². The summed E-state index contributed by atoms with van der Waals surface area (Å²) in [5.74, 6) is 0.984. The molecule has 0 aromatic heterocycles. The van der Waals surface area contributed by atoms with E-state index in [1.54, 1.807) is 0 Å². The first kappa shape index (κ1) is 20.2. The van der Waals surface area contributed by atoms with Crippen molar-refractivity contribution in [1.82, 2.24) is 20.4 Å². The van der Waals surface area contributed by atoms with Gasteiger partial charge in [-0.25, -0.2) is 0 Å². The largest absolute Gasteiger partial charge is 0.351 e. The lowest BCUT2D eigenvalue weighted by molar-refractivity contribution is -0.122. The SMILES string of the molecule is Cl.O=C(CN1CCN(CC2CCNCC2)CC1)NCc1ccccc1. The van der Waals surface area contributed by atoms with Gasteiger partial charge in [-0.2, -0.15) is 0 Å². The maximum atomic E-state index is 12.1. The minimum absolute atomic E-state index is 0. The van der Waals surface area contributed by atoms with Crippen molar-refractivity contribution in [1.29, 1.82) is 0 Å². The van der Waals surface area contributed by atoms with Crippen LogP contribution in [0.4, 0.5) is 0 Å². The molecule has 1 aromatic carbocycles. The van der Waals surface area contributed by atoms with Crippen molar-refractivity contribution >= 4 is 18.3 Å². The summed E-state index contributed by atoms with van der Waals surface area (Å²) in [5.41, 5.74) is 1.15. The highest BCUT2D eigenvalue weighted by Gasteiger charge is 2.22. The maximum Gasteiger partial charge on any atom is 0.234 e. The Hall–Kier alpha value is -1.14. The molecule has 0 atom stereocenters. The fraction of sp³-hybridized carbons (Fsp3) is 0.632. The summed E-state index contributed by atoms with van der Waals surface area (Å²) in [6.07, 6.45) is 2.62. The molecule has 0 spiro atoms. The molecule has 2 saturated heterocycles. The topological polar surface area (TPSA) is 47.6 Å². The van der Waals surface area contributed by atoms with Crippen LogP contribution in [0.25, 0.3) is 0 Å². The molecule has 2 N–H and O–H groups in total. The average molecular weight is 367 g/mol. The minimum atomic E-state index is 0. The first-order valence-corrected chi connectivity index (χ1v) is 9.25. The van der Waals surface area contributed by atoms with Crippen molar-refractivity contribution in [2.24, 2.45) is 5.92 Å². The van der Waals surface area contributed by atoms with E-state index in [0.717, 1.165) is 37.7 Å². The molecule has 0 unspecified atom stereocenters. The smallest absolute Gasteiger partial charge is 0.234 e. The van der Waals surface area contributed by atoms with Crippen molar-refractivity contribution in [2.45, 2.75) is 19.4 Å². The standard InChI is InChI=1S/C19H30N4O.ClH/c24-19(21-14-17-4-2-1-3-5-17)16-23-12-10-22(11-13-23)15-18-6-8-20-9-7-18;/h1-5,18,20H,6-16H2,(H,21,24);1H. The van der Waals surface area contributed by atoms with Crippen LogP contribution in [0, 0.1) is 5.92 Å². The molecule has 25 heavy (non-hydrogen) atoms. The number of halogens is 1. The molecule has 0 radical (unpaired) electrons. The van der Waals surface area contributed by atoms with Crippen molar-refractivity contribution < 1.29 is 4.79 Å². The van der Waals surface area contributed by atoms with Crippen LogP contribution in [0.2, 0.25) is 0 Å². The average Bonchev–Trinajstić information content (AvgIpc) is 2.63. The lowest BCUT2D eigenvalue weighted by Gasteiger charge is -2.37. The number of piperidine rings is 1. The van der Waals surface area contributed by atoms with Crippen LogP contribution in [-0.2, 0) is 11.3 Å². The van der Waals surface area contributed by atoms with E-state index < -0.39 is 0 Å². The van der Waals surface area contributed by atoms with Crippen LogP contribution in [0.1, 0.15) is 18.4 Å². The molecule has 0 aliphatic carbocycles. The van der Waals surface area contributed by atoms with Crippen molar-refractivity contribution in [2.75, 3.05) is 52.4 Å². The third-order valence-electron chi connectivity index (χ3n) is 5.14. The van der Waals surface area contributed by atoms with Crippen LogP contribution < -0.4 is 10.6 Å². The van der Waals surface area contributed by atoms with Gasteiger partial charge in [-0.3, -0.25) is 9.69 Å². The summed E-state index contributed by atoms with van der Waals surface area (Å²) in [6, 6.07) is 10.1. The molecule has 5 nitrogen and oxygen atoms in total. The molecule has 140 valence electrons. The van der Waals surface area contributed by atoms with E-state index in [-0.39, 0.29) is 18.3 Å². The van der Waals surface area contributed by atoms with E-state index in [0.29, 0.717) is 13.1 Å². The van der Waals surface area contributed by atoms with Gasteiger partial charge in [0, 0.05) is 39.3 Å². The van der Waals surface area contributed by atoms with Gasteiger partial charge < -0.3 is 15.5 Å². The summed E-state index contributed by atoms with van der Waals surface area (Å²) in [4.78, 5) is 17.0. The molecule has 6 heteroatoms. The quantitative estimate of drug-likeness (QED) is 0.797. The molecule has 1 amide bonds. The Morgan fingerprint density at radius 3 is 2.36 bits per heavy atom. The fourth-order valence-electron chi connectivity index (χ4n) is 3.61. The molecule has 2 fully saturated rings. The Morgan fingerprint density at radius 2 is 1.68 bits per heavy atom. The molecule has 0 saturated carbocycles. The Morgan fingerprint density at radius 1 is 1.04 bits per heavy atom. The second-order valence-electron chi connectivity index (χ2n) is 7.03. The third kappa shape index (κ3) is 6.94. The highest BCUT2D eigenvalue weighted by molar-refractivity contribution is 5.85. The van der Waals surface area contributed by atoms with Gasteiger partial charge in [0.25, 0.3) is 0 Å². The Bertz CT molecular complexity index is 499. The van der Waals surface area contributed by atoms with Gasteiger partial charge >= 0.3 is 0 Å². The summed E-state index contributed by atoms with van der Waals surface area (Å²) in [5, 5.41) is 6.46. The minimum Gasteiger partial charge on any atom is -0.351 e. The monoisotopic (exact) mass is 366 g/mol. The number of hydrogen-bond donors (Lipinski definition) is 2. The first-order valence-electron chi connectivity index (χ1n) is 9.25. The fourth-order valence-corrected chi connectivity index (χ4v) is 3.61. The van der Waals surface area contributed by atoms with Crippen LogP contribution in [-0.4, -0.2) is 68.1 Å². The maximum absolute atomic E-state index is 12.1. The molecular formula is C19H31ClN4O. The van der Waals surface area contributed by atoms with Gasteiger partial charge in [0.2, 0.25) is 5.91 Å². The van der Waals surface area contributed by atoms with Gasteiger partial charge in [-0.05, 0) is 37.4 Å². The summed E-state index contributed by atoms with van der Waals surface area (Å²) in [7, 11) is 0. The molecule has 0 bridgehead atoms. The van der Waals surface area contributed by atoms with Crippen LogP contribution >= 0.6 is 12.4 Å². The number of carbonyl (C=O) groups excluding carboxylic acids is 1. The van der Waals surface area contributed by atoms with Gasteiger partial charge in [-0.15, -0.1) is 12.4 Å².